The summed E-state index contributed by atoms with van der Waals surface area (Å²) < 4.78 is 2.24. The van der Waals surface area contributed by atoms with Crippen LogP contribution in [0.3, 0.4) is 0 Å². The van der Waals surface area contributed by atoms with Gasteiger partial charge in [-0.3, -0.25) is 4.79 Å². The third-order valence-corrected chi connectivity index (χ3v) is 12.2. The molecule has 0 fully saturated rings. The lowest BCUT2D eigenvalue weighted by atomic mass is 9.94. The molecule has 1 aliphatic carbocycles. The summed E-state index contributed by atoms with van der Waals surface area (Å²) in [6.45, 7) is 13.4. The lowest BCUT2D eigenvalue weighted by molar-refractivity contribution is 0.104. The van der Waals surface area contributed by atoms with Crippen molar-refractivity contribution in [2.45, 2.75) is 39.3 Å². The minimum Gasteiger partial charge on any atom is -0.349 e. The zero-order valence-electron chi connectivity index (χ0n) is 15.0. The van der Waals surface area contributed by atoms with Gasteiger partial charge in [-0.15, -0.1) is 0 Å². The predicted molar refractivity (Wildman–Crippen MR) is 115 cm³/mol. The fraction of sp³-hybridized carbons (Fsp3) is 0.375. The SMILES string of the molecule is C[Si](C)(C)N(N=C1C=CC(=O)c2c(Cl)c(Cl)c(Cl)c(Cl)c21)[Si](C)(C)C. The smallest absolute Gasteiger partial charge is 0.188 e. The zero-order valence-corrected chi connectivity index (χ0v) is 20.0. The molecule has 0 saturated heterocycles. The summed E-state index contributed by atoms with van der Waals surface area (Å²) in [6, 6.07) is 0. The van der Waals surface area contributed by atoms with Gasteiger partial charge < -0.3 is 4.34 Å². The third-order valence-electron chi connectivity index (χ3n) is 3.64. The summed E-state index contributed by atoms with van der Waals surface area (Å²) in [6.07, 6.45) is 3.12. The van der Waals surface area contributed by atoms with Gasteiger partial charge in [0, 0.05) is 5.56 Å². The van der Waals surface area contributed by atoms with Gasteiger partial charge in [0.25, 0.3) is 0 Å². The van der Waals surface area contributed by atoms with Gasteiger partial charge in [-0.2, -0.15) is 5.10 Å². The van der Waals surface area contributed by atoms with Crippen LogP contribution >= 0.6 is 46.4 Å². The highest BCUT2D eigenvalue weighted by molar-refractivity contribution is 6.89. The van der Waals surface area contributed by atoms with Crippen LogP contribution in [0.4, 0.5) is 0 Å². The molecule has 25 heavy (non-hydrogen) atoms. The zero-order chi connectivity index (χ0) is 19.3. The van der Waals surface area contributed by atoms with Crippen LogP contribution in [0.25, 0.3) is 0 Å². The second-order valence-electron chi connectivity index (χ2n) is 7.84. The van der Waals surface area contributed by atoms with E-state index in [0.717, 1.165) is 0 Å². The lowest BCUT2D eigenvalue weighted by Gasteiger charge is -2.42. The molecule has 1 aliphatic rings. The molecule has 0 amide bonds. The van der Waals surface area contributed by atoms with Crippen molar-refractivity contribution < 1.29 is 4.79 Å². The van der Waals surface area contributed by atoms with Gasteiger partial charge in [0.1, 0.15) is 0 Å². The lowest BCUT2D eigenvalue weighted by Crippen LogP contribution is -2.56. The van der Waals surface area contributed by atoms with Gasteiger partial charge >= 0.3 is 0 Å². The fourth-order valence-electron chi connectivity index (χ4n) is 2.92. The fourth-order valence-corrected chi connectivity index (χ4v) is 12.8. The van der Waals surface area contributed by atoms with Crippen LogP contribution in [0, 0.1) is 0 Å². The van der Waals surface area contributed by atoms with Gasteiger partial charge in [-0.1, -0.05) is 85.7 Å². The van der Waals surface area contributed by atoms with Crippen molar-refractivity contribution in [1.82, 2.24) is 4.34 Å². The summed E-state index contributed by atoms with van der Waals surface area (Å²) in [5.41, 5.74) is 1.30. The second-order valence-corrected chi connectivity index (χ2v) is 19.3. The van der Waals surface area contributed by atoms with Crippen LogP contribution in [0.5, 0.6) is 0 Å². The van der Waals surface area contributed by atoms with Gasteiger partial charge in [-0.05, 0) is 12.2 Å². The monoisotopic (exact) mass is 452 g/mol. The molecule has 1 aromatic carbocycles. The first-order valence-electron chi connectivity index (χ1n) is 7.74. The highest BCUT2D eigenvalue weighted by atomic mass is 35.5. The van der Waals surface area contributed by atoms with E-state index in [1.54, 1.807) is 6.08 Å². The van der Waals surface area contributed by atoms with Crippen LogP contribution in [0.15, 0.2) is 17.3 Å². The Morgan fingerprint density at radius 3 is 1.64 bits per heavy atom. The number of hydrogen-bond donors (Lipinski definition) is 0. The maximum Gasteiger partial charge on any atom is 0.188 e. The van der Waals surface area contributed by atoms with Crippen molar-refractivity contribution in [2.75, 3.05) is 0 Å². The Morgan fingerprint density at radius 2 is 1.20 bits per heavy atom. The Bertz CT molecular complexity index is 794. The van der Waals surface area contributed by atoms with Crippen molar-refractivity contribution >= 4 is 74.4 Å². The Hall–Kier alpha value is -0.306. The van der Waals surface area contributed by atoms with E-state index in [9.17, 15) is 4.79 Å². The van der Waals surface area contributed by atoms with Crippen LogP contribution < -0.4 is 0 Å². The number of carbonyl (C=O) groups excluding carboxylic acids is 1. The van der Waals surface area contributed by atoms with Crippen molar-refractivity contribution in [3.63, 3.8) is 0 Å². The molecule has 0 aliphatic heterocycles. The molecule has 0 saturated carbocycles. The molecule has 1 aromatic rings. The minimum atomic E-state index is -1.75. The molecule has 9 heteroatoms. The first kappa shape index (κ1) is 21.0. The van der Waals surface area contributed by atoms with Crippen molar-refractivity contribution in [3.8, 4) is 0 Å². The molecule has 0 heterocycles. The van der Waals surface area contributed by atoms with E-state index in [0.29, 0.717) is 11.3 Å². The number of allylic oxidation sites excluding steroid dienone is 2. The number of hydrazone groups is 1. The van der Waals surface area contributed by atoms with Gasteiger partial charge in [0.2, 0.25) is 0 Å². The highest BCUT2D eigenvalue weighted by Gasteiger charge is 2.35. The summed E-state index contributed by atoms with van der Waals surface area (Å²) in [5.74, 6) is -0.257. The molecular weight excluding hydrogens is 434 g/mol. The van der Waals surface area contributed by atoms with Gasteiger partial charge in [0.05, 0.1) is 31.4 Å². The molecule has 0 spiro atoms. The Kier molecular flexibility index (Phi) is 5.90. The van der Waals surface area contributed by atoms with E-state index in [4.69, 9.17) is 51.5 Å². The Morgan fingerprint density at radius 1 is 0.760 bits per heavy atom. The summed E-state index contributed by atoms with van der Waals surface area (Å²) >= 11 is 25.0. The first-order valence-corrected chi connectivity index (χ1v) is 16.1. The van der Waals surface area contributed by atoms with E-state index in [2.05, 4.69) is 43.6 Å². The topological polar surface area (TPSA) is 32.7 Å². The molecule has 0 radical (unpaired) electrons. The van der Waals surface area contributed by atoms with E-state index < -0.39 is 16.5 Å². The number of nitrogens with zero attached hydrogens (tertiary/aromatic N) is 2. The number of hydrogen-bond acceptors (Lipinski definition) is 3. The molecule has 0 bridgehead atoms. The molecule has 2 rings (SSSR count). The van der Waals surface area contributed by atoms with E-state index in [1.165, 1.54) is 6.08 Å². The van der Waals surface area contributed by atoms with E-state index in [1.807, 2.05) is 0 Å². The van der Waals surface area contributed by atoms with Crippen molar-refractivity contribution in [1.29, 1.82) is 0 Å². The van der Waals surface area contributed by atoms with Gasteiger partial charge in [0.15, 0.2) is 22.3 Å². The molecule has 0 atom stereocenters. The molecular formula is C16H20Cl4N2OSi2. The average Bonchev–Trinajstić information content (AvgIpc) is 2.46. The molecule has 3 nitrogen and oxygen atoms in total. The molecule has 136 valence electrons. The number of fused-ring (bicyclic) bond motifs is 1. The summed E-state index contributed by atoms with van der Waals surface area (Å²) in [7, 11) is -3.49. The average molecular weight is 454 g/mol. The highest BCUT2D eigenvalue weighted by Crippen LogP contribution is 2.43. The van der Waals surface area contributed by atoms with Crippen LogP contribution in [0.1, 0.15) is 15.9 Å². The van der Waals surface area contributed by atoms with Crippen LogP contribution in [-0.2, 0) is 0 Å². The standard InChI is InChI=1S/C16H20Cl4N2OSi2/c1-24(2,3)22(25(4,5)6)21-9-7-8-10(23)12-11(9)13(17)15(19)16(20)14(12)18/h7-8H,1-6H3. The maximum absolute atomic E-state index is 12.4. The Labute approximate surface area is 170 Å². The maximum atomic E-state index is 12.4. The quantitative estimate of drug-likeness (QED) is 0.220. The largest absolute Gasteiger partial charge is 0.349 e. The second kappa shape index (κ2) is 7.02. The van der Waals surface area contributed by atoms with Crippen LogP contribution in [0.2, 0.25) is 59.4 Å². The predicted octanol–water partition coefficient (Wildman–Crippen LogP) is 6.73. The number of rotatable bonds is 3. The third kappa shape index (κ3) is 4.02. The minimum absolute atomic E-state index is 0.0855. The number of benzene rings is 1. The molecule has 0 N–H and O–H groups in total. The summed E-state index contributed by atoms with van der Waals surface area (Å²) in [5, 5.41) is 5.45. The summed E-state index contributed by atoms with van der Waals surface area (Å²) in [4.78, 5) is 12.4. The molecule has 0 aromatic heterocycles. The van der Waals surface area contributed by atoms with E-state index in [-0.39, 0.29) is 31.4 Å². The number of ketones is 1. The van der Waals surface area contributed by atoms with Crippen LogP contribution in [-0.4, -0.2) is 32.3 Å². The van der Waals surface area contributed by atoms with Crippen molar-refractivity contribution in [2.24, 2.45) is 5.10 Å². The van der Waals surface area contributed by atoms with Gasteiger partial charge in [-0.25, -0.2) is 0 Å². The van der Waals surface area contributed by atoms with Crippen molar-refractivity contribution in [3.05, 3.63) is 43.4 Å². The number of carbonyl (C=O) groups is 1. The molecule has 0 unspecified atom stereocenters. The first-order chi connectivity index (χ1) is 11.3. The normalized spacial score (nSPS) is 16.4. The number of halogens is 4. The van der Waals surface area contributed by atoms with E-state index >= 15 is 0 Å². The Balaban J connectivity index is 2.80.